The van der Waals surface area contributed by atoms with Crippen molar-refractivity contribution in [3.8, 4) is 0 Å². The van der Waals surface area contributed by atoms with Crippen molar-refractivity contribution in [1.82, 2.24) is 9.55 Å². The van der Waals surface area contributed by atoms with Gasteiger partial charge in [-0.05, 0) is 43.2 Å². The van der Waals surface area contributed by atoms with Gasteiger partial charge in [-0.2, -0.15) is 0 Å². The van der Waals surface area contributed by atoms with Gasteiger partial charge in [0.15, 0.2) is 0 Å². The van der Waals surface area contributed by atoms with Crippen molar-refractivity contribution in [3.05, 3.63) is 90.0 Å². The maximum Gasteiger partial charge on any atom is 0.105 e. The van der Waals surface area contributed by atoms with Gasteiger partial charge in [-0.3, -0.25) is 0 Å². The van der Waals surface area contributed by atoms with Gasteiger partial charge in [0.25, 0.3) is 0 Å². The molecule has 0 aliphatic heterocycles. The number of nitrogens with zero attached hydrogens (tertiary/aromatic N) is 2. The smallest absolute Gasteiger partial charge is 0.105 e. The number of imidazole rings is 1. The SMILES string of the molecule is Cc1nccn1C1CCC(C(C)(c2ccccc2)c2ccccc2)C1. The van der Waals surface area contributed by atoms with Gasteiger partial charge in [0.05, 0.1) is 0 Å². The number of hydrogen-bond donors (Lipinski definition) is 0. The maximum absolute atomic E-state index is 4.43. The molecule has 1 fully saturated rings. The van der Waals surface area contributed by atoms with Crippen LogP contribution in [0.15, 0.2) is 73.1 Å². The lowest BCUT2D eigenvalue weighted by molar-refractivity contribution is 0.338. The van der Waals surface area contributed by atoms with Crippen LogP contribution in [0.1, 0.15) is 49.2 Å². The lowest BCUT2D eigenvalue weighted by Crippen LogP contribution is -2.32. The second-order valence-electron chi connectivity index (χ2n) is 7.48. The van der Waals surface area contributed by atoms with Crippen molar-refractivity contribution in [3.63, 3.8) is 0 Å². The van der Waals surface area contributed by atoms with Gasteiger partial charge in [0, 0.05) is 23.9 Å². The minimum Gasteiger partial charge on any atom is -0.332 e. The summed E-state index contributed by atoms with van der Waals surface area (Å²) < 4.78 is 2.37. The molecule has 2 unspecified atom stereocenters. The first-order chi connectivity index (χ1) is 12.2. The van der Waals surface area contributed by atoms with Gasteiger partial charge >= 0.3 is 0 Å². The first-order valence-corrected chi connectivity index (χ1v) is 9.30. The Kier molecular flexibility index (Phi) is 4.20. The molecular formula is C23H26N2. The van der Waals surface area contributed by atoms with E-state index in [9.17, 15) is 0 Å². The predicted molar refractivity (Wildman–Crippen MR) is 103 cm³/mol. The number of benzene rings is 2. The summed E-state index contributed by atoms with van der Waals surface area (Å²) >= 11 is 0. The highest BCUT2D eigenvalue weighted by molar-refractivity contribution is 5.39. The van der Waals surface area contributed by atoms with Crippen molar-refractivity contribution >= 4 is 0 Å². The quantitative estimate of drug-likeness (QED) is 0.614. The molecule has 3 aromatic rings. The highest BCUT2D eigenvalue weighted by Gasteiger charge is 2.42. The van der Waals surface area contributed by atoms with Crippen molar-refractivity contribution in [2.24, 2.45) is 5.92 Å². The maximum atomic E-state index is 4.43. The Labute approximate surface area is 150 Å². The van der Waals surface area contributed by atoms with Gasteiger partial charge in [-0.1, -0.05) is 67.6 Å². The molecule has 0 amide bonds. The number of hydrogen-bond acceptors (Lipinski definition) is 1. The Morgan fingerprint density at radius 1 is 0.920 bits per heavy atom. The molecule has 2 heteroatoms. The van der Waals surface area contributed by atoms with Crippen LogP contribution in [0.3, 0.4) is 0 Å². The Balaban J connectivity index is 1.72. The molecular weight excluding hydrogens is 304 g/mol. The molecule has 4 rings (SSSR count). The first kappa shape index (κ1) is 16.1. The summed E-state index contributed by atoms with van der Waals surface area (Å²) in [5.74, 6) is 1.76. The van der Waals surface area contributed by atoms with Gasteiger partial charge in [0.1, 0.15) is 5.82 Å². The summed E-state index contributed by atoms with van der Waals surface area (Å²) in [5, 5.41) is 0. The molecule has 0 saturated heterocycles. The van der Waals surface area contributed by atoms with Crippen LogP contribution in [0.5, 0.6) is 0 Å². The predicted octanol–water partition coefficient (Wildman–Crippen LogP) is 5.54. The summed E-state index contributed by atoms with van der Waals surface area (Å²) in [6.07, 6.45) is 7.76. The number of aryl methyl sites for hydroxylation is 1. The second-order valence-corrected chi connectivity index (χ2v) is 7.48. The van der Waals surface area contributed by atoms with E-state index in [1.807, 2.05) is 6.20 Å². The van der Waals surface area contributed by atoms with Crippen LogP contribution in [-0.4, -0.2) is 9.55 Å². The van der Waals surface area contributed by atoms with E-state index in [1.54, 1.807) is 0 Å². The van der Waals surface area contributed by atoms with Crippen LogP contribution < -0.4 is 0 Å². The molecule has 2 aromatic carbocycles. The molecule has 128 valence electrons. The molecule has 25 heavy (non-hydrogen) atoms. The van der Waals surface area contributed by atoms with E-state index in [2.05, 4.69) is 90.3 Å². The van der Waals surface area contributed by atoms with E-state index < -0.39 is 0 Å². The van der Waals surface area contributed by atoms with Gasteiger partial charge < -0.3 is 4.57 Å². The molecule has 1 aromatic heterocycles. The lowest BCUT2D eigenvalue weighted by Gasteiger charge is -2.37. The fourth-order valence-electron chi connectivity index (χ4n) is 4.72. The van der Waals surface area contributed by atoms with Crippen LogP contribution in [0, 0.1) is 12.8 Å². The van der Waals surface area contributed by atoms with Crippen LogP contribution in [-0.2, 0) is 5.41 Å². The zero-order valence-corrected chi connectivity index (χ0v) is 15.1. The minimum atomic E-state index is 0.0474. The van der Waals surface area contributed by atoms with Crippen molar-refractivity contribution in [1.29, 1.82) is 0 Å². The monoisotopic (exact) mass is 330 g/mol. The average molecular weight is 330 g/mol. The highest BCUT2D eigenvalue weighted by atomic mass is 15.1. The molecule has 0 N–H and O–H groups in total. The fourth-order valence-corrected chi connectivity index (χ4v) is 4.72. The summed E-state index contributed by atoms with van der Waals surface area (Å²) in [7, 11) is 0. The molecule has 0 bridgehead atoms. The first-order valence-electron chi connectivity index (χ1n) is 9.30. The summed E-state index contributed by atoms with van der Waals surface area (Å²) in [5.41, 5.74) is 2.90. The summed E-state index contributed by atoms with van der Waals surface area (Å²) in [4.78, 5) is 4.43. The third-order valence-corrected chi connectivity index (χ3v) is 6.22. The molecule has 2 atom stereocenters. The highest BCUT2D eigenvalue weighted by Crippen LogP contribution is 2.49. The Morgan fingerprint density at radius 3 is 2.04 bits per heavy atom. The molecule has 1 heterocycles. The molecule has 1 saturated carbocycles. The van der Waals surface area contributed by atoms with Crippen LogP contribution in [0.25, 0.3) is 0 Å². The van der Waals surface area contributed by atoms with E-state index in [0.29, 0.717) is 12.0 Å². The van der Waals surface area contributed by atoms with Gasteiger partial charge in [-0.15, -0.1) is 0 Å². The Bertz CT molecular complexity index is 780. The van der Waals surface area contributed by atoms with Crippen LogP contribution in [0.4, 0.5) is 0 Å². The third-order valence-electron chi connectivity index (χ3n) is 6.22. The zero-order chi connectivity index (χ0) is 17.3. The average Bonchev–Trinajstić information content (AvgIpc) is 3.31. The Morgan fingerprint density at radius 2 is 1.52 bits per heavy atom. The molecule has 0 spiro atoms. The summed E-state index contributed by atoms with van der Waals surface area (Å²) in [6.45, 7) is 4.55. The number of aromatic nitrogens is 2. The van der Waals surface area contributed by atoms with Gasteiger partial charge in [-0.25, -0.2) is 4.98 Å². The molecule has 2 nitrogen and oxygen atoms in total. The largest absolute Gasteiger partial charge is 0.332 e. The van der Waals surface area contributed by atoms with Crippen molar-refractivity contribution in [2.45, 2.75) is 44.6 Å². The van der Waals surface area contributed by atoms with Crippen LogP contribution >= 0.6 is 0 Å². The Hall–Kier alpha value is -2.35. The fraction of sp³-hybridized carbons (Fsp3) is 0.348. The molecule has 0 radical (unpaired) electrons. The van der Waals surface area contributed by atoms with Crippen molar-refractivity contribution < 1.29 is 0 Å². The zero-order valence-electron chi connectivity index (χ0n) is 15.1. The lowest BCUT2D eigenvalue weighted by atomic mass is 9.66. The van der Waals surface area contributed by atoms with Gasteiger partial charge in [0.2, 0.25) is 0 Å². The molecule has 1 aliphatic rings. The summed E-state index contributed by atoms with van der Waals surface area (Å²) in [6, 6.07) is 22.6. The van der Waals surface area contributed by atoms with E-state index >= 15 is 0 Å². The second kappa shape index (κ2) is 6.51. The standard InChI is InChI=1S/C23H26N2/c1-18-24-15-16-25(18)22-14-13-21(17-22)23(2,19-9-5-3-6-10-19)20-11-7-4-8-12-20/h3-12,15-16,21-22H,13-14,17H2,1-2H3. The van der Waals surface area contributed by atoms with E-state index in [4.69, 9.17) is 0 Å². The van der Waals surface area contributed by atoms with E-state index in [0.717, 1.165) is 5.82 Å². The normalized spacial score (nSPS) is 20.7. The third kappa shape index (κ3) is 2.80. The van der Waals surface area contributed by atoms with E-state index in [-0.39, 0.29) is 5.41 Å². The van der Waals surface area contributed by atoms with Crippen molar-refractivity contribution in [2.75, 3.05) is 0 Å². The minimum absolute atomic E-state index is 0.0474. The number of rotatable bonds is 4. The van der Waals surface area contributed by atoms with Crippen LogP contribution in [0.2, 0.25) is 0 Å². The topological polar surface area (TPSA) is 17.8 Å². The van der Waals surface area contributed by atoms with E-state index in [1.165, 1.54) is 30.4 Å². The molecule has 1 aliphatic carbocycles.